The molecular weight excluding hydrogens is 536 g/mol. The minimum atomic E-state index is -1.10. The van der Waals surface area contributed by atoms with Crippen molar-refractivity contribution in [3.63, 3.8) is 0 Å². The number of hydrazone groups is 1. The lowest BCUT2D eigenvalue weighted by atomic mass is 9.99. The third-order valence-corrected chi connectivity index (χ3v) is 7.51. The molecule has 2 aromatic carbocycles. The molecule has 2 unspecified atom stereocenters. The van der Waals surface area contributed by atoms with Crippen LogP contribution in [0.2, 0.25) is 0 Å². The summed E-state index contributed by atoms with van der Waals surface area (Å²) >= 11 is 1.18. The van der Waals surface area contributed by atoms with Crippen molar-refractivity contribution in [2.24, 2.45) is 10.1 Å². The topological polar surface area (TPSA) is 115 Å². The van der Waals surface area contributed by atoms with E-state index in [9.17, 15) is 13.6 Å². The van der Waals surface area contributed by atoms with Crippen molar-refractivity contribution >= 4 is 28.7 Å². The summed E-state index contributed by atoms with van der Waals surface area (Å²) in [5.74, 6) is -1.04. The van der Waals surface area contributed by atoms with E-state index in [1.54, 1.807) is 32.3 Å². The first-order valence-electron chi connectivity index (χ1n) is 12.4. The van der Waals surface area contributed by atoms with Crippen molar-refractivity contribution in [3.05, 3.63) is 95.8 Å². The van der Waals surface area contributed by atoms with E-state index in [0.717, 1.165) is 23.8 Å². The molecule has 0 radical (unpaired) electrons. The number of hydrogen-bond donors (Lipinski definition) is 2. The second-order valence-corrected chi connectivity index (χ2v) is 9.99. The number of carbonyl (C=O) groups is 1. The molecule has 1 amide bonds. The predicted molar refractivity (Wildman–Crippen MR) is 149 cm³/mol. The van der Waals surface area contributed by atoms with Gasteiger partial charge in [0, 0.05) is 25.4 Å². The van der Waals surface area contributed by atoms with E-state index >= 15 is 0 Å². The molecule has 2 N–H and O–H groups in total. The number of halogens is 2. The normalized spacial score (nSPS) is 17.5. The molecule has 206 valence electrons. The number of pyridine rings is 1. The number of amides is 1. The van der Waals surface area contributed by atoms with Crippen LogP contribution in [-0.4, -0.2) is 46.6 Å². The molecule has 1 aromatic heterocycles. The first-order valence-corrected chi connectivity index (χ1v) is 13.2. The van der Waals surface area contributed by atoms with Gasteiger partial charge in [0.1, 0.15) is 27.3 Å². The molecule has 0 fully saturated rings. The molecule has 0 saturated carbocycles. The zero-order valence-corrected chi connectivity index (χ0v) is 22.7. The molecule has 1 aliphatic rings. The van der Waals surface area contributed by atoms with Crippen LogP contribution in [0, 0.1) is 23.1 Å². The second kappa shape index (κ2) is 13.0. The number of guanidine groups is 1. The monoisotopic (exact) mass is 563 g/mol. The van der Waals surface area contributed by atoms with Crippen LogP contribution in [0.1, 0.15) is 30.9 Å². The van der Waals surface area contributed by atoms with Crippen LogP contribution in [0.4, 0.5) is 8.78 Å². The molecule has 0 bridgehead atoms. The quantitative estimate of drug-likeness (QED) is 0.131. The molecule has 0 aliphatic carbocycles. The Labute approximate surface area is 235 Å². The Morgan fingerprint density at radius 3 is 2.73 bits per heavy atom. The molecule has 0 saturated heterocycles. The summed E-state index contributed by atoms with van der Waals surface area (Å²) in [6.07, 6.45) is 4.81. The standard InChI is InChI=1S/C28H27F2N7O2S/c1-19(39-22-10-6-14-33-17-22)26(38)37-28(20-8-4-3-5-9-20,13-7-15-34-27(32-2)35-18-31)40-25(36-37)23-16-21(29)11-12-24(23)30/h3-6,8-12,14,16-17,19H,7,13,15H2,1-2H3,(H2,32,34,35). The SMILES string of the molecule is CN=C(NC#N)NCCCC1(c2ccccc2)SC(c2cc(F)ccc2F)=NN1C(=O)C(C)Oc1cccnc1. The molecular formula is C28H27F2N7O2S. The van der Waals surface area contributed by atoms with Gasteiger partial charge in [-0.25, -0.2) is 13.8 Å². The third-order valence-electron chi connectivity index (χ3n) is 6.07. The fourth-order valence-electron chi connectivity index (χ4n) is 4.18. The number of rotatable bonds is 9. The van der Waals surface area contributed by atoms with Crippen molar-refractivity contribution in [3.8, 4) is 11.9 Å². The molecule has 1 aliphatic heterocycles. The Morgan fingerprint density at radius 2 is 2.02 bits per heavy atom. The van der Waals surface area contributed by atoms with Crippen molar-refractivity contribution in [2.45, 2.75) is 30.7 Å². The van der Waals surface area contributed by atoms with Crippen molar-refractivity contribution in [1.82, 2.24) is 20.6 Å². The lowest BCUT2D eigenvalue weighted by Gasteiger charge is -2.37. The highest BCUT2D eigenvalue weighted by Gasteiger charge is 2.50. The van der Waals surface area contributed by atoms with Gasteiger partial charge in [-0.1, -0.05) is 42.1 Å². The van der Waals surface area contributed by atoms with E-state index in [1.165, 1.54) is 23.0 Å². The number of ether oxygens (including phenoxy) is 1. The van der Waals surface area contributed by atoms with Crippen LogP contribution in [0.25, 0.3) is 0 Å². The van der Waals surface area contributed by atoms with Crippen molar-refractivity contribution < 1.29 is 18.3 Å². The summed E-state index contributed by atoms with van der Waals surface area (Å²) < 4.78 is 34.9. The van der Waals surface area contributed by atoms with Gasteiger partial charge in [-0.15, -0.1) is 0 Å². The van der Waals surface area contributed by atoms with E-state index in [0.29, 0.717) is 31.1 Å². The van der Waals surface area contributed by atoms with Gasteiger partial charge in [0.2, 0.25) is 5.96 Å². The Hall–Kier alpha value is -4.50. The number of aliphatic imine (C=N–C) groups is 1. The van der Waals surface area contributed by atoms with Crippen molar-refractivity contribution in [2.75, 3.05) is 13.6 Å². The summed E-state index contributed by atoms with van der Waals surface area (Å²) in [6, 6.07) is 15.8. The number of hydrogen-bond acceptors (Lipinski definition) is 7. The number of nitriles is 1. The average Bonchev–Trinajstić information content (AvgIpc) is 3.37. The number of nitrogens with zero attached hydrogens (tertiary/aromatic N) is 5. The van der Waals surface area contributed by atoms with Gasteiger partial charge >= 0.3 is 0 Å². The molecule has 2 atom stereocenters. The lowest BCUT2D eigenvalue weighted by Crippen LogP contribution is -2.47. The molecule has 0 spiro atoms. The molecule has 9 nitrogen and oxygen atoms in total. The molecule has 4 rings (SSSR count). The van der Waals surface area contributed by atoms with E-state index in [-0.39, 0.29) is 10.6 Å². The van der Waals surface area contributed by atoms with Crippen LogP contribution >= 0.6 is 11.8 Å². The summed E-state index contributed by atoms with van der Waals surface area (Å²) in [5.41, 5.74) is 0.704. The highest BCUT2D eigenvalue weighted by atomic mass is 32.2. The van der Waals surface area contributed by atoms with Crippen LogP contribution < -0.4 is 15.4 Å². The average molecular weight is 564 g/mol. The van der Waals surface area contributed by atoms with Gasteiger partial charge < -0.3 is 10.1 Å². The Bertz CT molecular complexity index is 1430. The van der Waals surface area contributed by atoms with Gasteiger partial charge in [-0.05, 0) is 55.7 Å². The van der Waals surface area contributed by atoms with Gasteiger partial charge in [-0.2, -0.15) is 10.4 Å². The Kier molecular flexibility index (Phi) is 9.29. The largest absolute Gasteiger partial charge is 0.479 e. The summed E-state index contributed by atoms with van der Waals surface area (Å²) in [4.78, 5) is 20.9. The zero-order chi connectivity index (χ0) is 28.5. The highest BCUT2D eigenvalue weighted by Crippen LogP contribution is 2.51. The highest BCUT2D eigenvalue weighted by molar-refractivity contribution is 8.15. The van der Waals surface area contributed by atoms with Crippen LogP contribution in [-0.2, 0) is 9.67 Å². The minimum Gasteiger partial charge on any atom is -0.479 e. The van der Waals surface area contributed by atoms with Crippen LogP contribution in [0.3, 0.4) is 0 Å². The third kappa shape index (κ3) is 6.38. The van der Waals surface area contributed by atoms with Crippen LogP contribution in [0.15, 0.2) is 83.2 Å². The maximum Gasteiger partial charge on any atom is 0.285 e. The molecule has 3 aromatic rings. The maximum absolute atomic E-state index is 14.9. The Morgan fingerprint density at radius 1 is 1.23 bits per heavy atom. The number of nitrogens with one attached hydrogen (secondary N) is 2. The number of carbonyl (C=O) groups excluding carboxylic acids is 1. The van der Waals surface area contributed by atoms with Gasteiger partial charge in [-0.3, -0.25) is 20.1 Å². The summed E-state index contributed by atoms with van der Waals surface area (Å²) in [7, 11) is 1.54. The summed E-state index contributed by atoms with van der Waals surface area (Å²) in [5, 5.41) is 20.5. The van der Waals surface area contributed by atoms with Crippen molar-refractivity contribution in [1.29, 1.82) is 5.26 Å². The number of aromatic nitrogens is 1. The summed E-state index contributed by atoms with van der Waals surface area (Å²) in [6.45, 7) is 2.01. The van der Waals surface area contributed by atoms with Crippen LogP contribution in [0.5, 0.6) is 5.75 Å². The smallest absolute Gasteiger partial charge is 0.285 e. The van der Waals surface area contributed by atoms with Gasteiger partial charge in [0.15, 0.2) is 12.3 Å². The fraction of sp³-hybridized carbons (Fsp3) is 0.250. The van der Waals surface area contributed by atoms with E-state index < -0.39 is 28.5 Å². The molecule has 40 heavy (non-hydrogen) atoms. The first-order chi connectivity index (χ1) is 19.4. The second-order valence-electron chi connectivity index (χ2n) is 8.72. The lowest BCUT2D eigenvalue weighted by molar-refractivity contribution is -0.141. The van der Waals surface area contributed by atoms with E-state index in [2.05, 4.69) is 25.7 Å². The predicted octanol–water partition coefficient (Wildman–Crippen LogP) is 4.34. The maximum atomic E-state index is 14.9. The zero-order valence-electron chi connectivity index (χ0n) is 21.8. The number of thioether (sulfide) groups is 1. The van der Waals surface area contributed by atoms with Gasteiger partial charge in [0.25, 0.3) is 5.91 Å². The van der Waals surface area contributed by atoms with Gasteiger partial charge in [0.05, 0.1) is 6.20 Å². The minimum absolute atomic E-state index is 0.0433. The Balaban J connectivity index is 1.72. The van der Waals surface area contributed by atoms with E-state index in [1.807, 2.05) is 36.5 Å². The number of benzene rings is 2. The fourth-order valence-corrected chi connectivity index (χ4v) is 5.61. The first kappa shape index (κ1) is 28.5. The molecule has 12 heteroatoms. The molecule has 2 heterocycles. The van der Waals surface area contributed by atoms with E-state index in [4.69, 9.17) is 10.00 Å².